The Labute approximate surface area is 98.3 Å². The number of fused-ring (bicyclic) bond motifs is 1. The van der Waals surface area contributed by atoms with Crippen LogP contribution in [0.25, 0.3) is 10.1 Å². The normalized spacial score (nSPS) is 15.8. The molecule has 0 bridgehead atoms. The van der Waals surface area contributed by atoms with Crippen LogP contribution in [0.5, 0.6) is 0 Å². The molecule has 2 aromatic rings. The molecule has 0 atom stereocenters. The predicted molar refractivity (Wildman–Crippen MR) is 66.2 cm³/mol. The second-order valence-corrected chi connectivity index (χ2v) is 5.64. The van der Waals surface area contributed by atoms with Crippen molar-refractivity contribution < 1.29 is 4.39 Å². The topological polar surface area (TPSA) is 12.0 Å². The van der Waals surface area contributed by atoms with Crippen LogP contribution in [0.1, 0.15) is 17.7 Å². The summed E-state index contributed by atoms with van der Waals surface area (Å²) < 4.78 is 14.0. The second kappa shape index (κ2) is 4.15. The zero-order valence-corrected chi connectivity index (χ0v) is 9.82. The zero-order chi connectivity index (χ0) is 11.0. The Balaban J connectivity index is 1.71. The average Bonchev–Trinajstić information content (AvgIpc) is 2.98. The summed E-state index contributed by atoms with van der Waals surface area (Å²) in [7, 11) is 0. The summed E-state index contributed by atoms with van der Waals surface area (Å²) in [6.45, 7) is 2.04. The lowest BCUT2D eigenvalue weighted by Gasteiger charge is -1.99. The van der Waals surface area contributed by atoms with E-state index in [0.717, 1.165) is 29.1 Å². The van der Waals surface area contributed by atoms with Crippen molar-refractivity contribution in [1.29, 1.82) is 0 Å². The molecule has 1 aromatic carbocycles. The quantitative estimate of drug-likeness (QED) is 0.854. The fraction of sp³-hybridized carbons (Fsp3) is 0.385. The molecular formula is C13H14FNS. The molecule has 1 nitrogen and oxygen atoms in total. The minimum atomic E-state index is -0.146. The van der Waals surface area contributed by atoms with Gasteiger partial charge in [0.2, 0.25) is 0 Å². The molecule has 16 heavy (non-hydrogen) atoms. The van der Waals surface area contributed by atoms with Crippen molar-refractivity contribution in [3.63, 3.8) is 0 Å². The highest BCUT2D eigenvalue weighted by Gasteiger charge is 2.20. The molecular weight excluding hydrogens is 221 g/mol. The highest BCUT2D eigenvalue weighted by atomic mass is 32.1. The third-order valence-electron chi connectivity index (χ3n) is 2.96. The third-order valence-corrected chi connectivity index (χ3v) is 4.06. The molecule has 0 spiro atoms. The number of halogens is 1. The molecule has 3 heteroatoms. The Hall–Kier alpha value is -0.930. The van der Waals surface area contributed by atoms with Crippen LogP contribution in [0, 0.1) is 11.7 Å². The zero-order valence-electron chi connectivity index (χ0n) is 9.00. The summed E-state index contributed by atoms with van der Waals surface area (Å²) in [5, 5.41) is 4.60. The number of benzene rings is 1. The maximum absolute atomic E-state index is 13.0. The SMILES string of the molecule is Fc1ccc2cc(CNCC3CC3)sc2c1. The highest BCUT2D eigenvalue weighted by molar-refractivity contribution is 7.19. The van der Waals surface area contributed by atoms with Crippen molar-refractivity contribution >= 4 is 21.4 Å². The minimum absolute atomic E-state index is 0.146. The van der Waals surface area contributed by atoms with Gasteiger partial charge in [0.15, 0.2) is 0 Å². The van der Waals surface area contributed by atoms with Crippen LogP contribution in [0.3, 0.4) is 0 Å². The van der Waals surface area contributed by atoms with Gasteiger partial charge in [-0.05, 0) is 48.9 Å². The largest absolute Gasteiger partial charge is 0.312 e. The number of nitrogens with one attached hydrogen (secondary N) is 1. The van der Waals surface area contributed by atoms with E-state index < -0.39 is 0 Å². The molecule has 1 heterocycles. The van der Waals surface area contributed by atoms with E-state index in [1.807, 2.05) is 6.07 Å². The summed E-state index contributed by atoms with van der Waals surface area (Å²) in [5.74, 6) is 0.763. The van der Waals surface area contributed by atoms with Crippen molar-refractivity contribution in [2.45, 2.75) is 19.4 Å². The van der Waals surface area contributed by atoms with Crippen LogP contribution < -0.4 is 5.32 Å². The van der Waals surface area contributed by atoms with Crippen LogP contribution in [0.15, 0.2) is 24.3 Å². The first-order chi connectivity index (χ1) is 7.81. The molecule has 1 aromatic heterocycles. The van der Waals surface area contributed by atoms with E-state index in [1.54, 1.807) is 17.4 Å². The van der Waals surface area contributed by atoms with Gasteiger partial charge in [0.1, 0.15) is 5.82 Å². The lowest BCUT2D eigenvalue weighted by Crippen LogP contribution is -2.15. The van der Waals surface area contributed by atoms with Crippen molar-refractivity contribution in [3.8, 4) is 0 Å². The smallest absolute Gasteiger partial charge is 0.124 e. The molecule has 0 unspecified atom stereocenters. The van der Waals surface area contributed by atoms with Crippen LogP contribution in [0.4, 0.5) is 4.39 Å². The van der Waals surface area contributed by atoms with Gasteiger partial charge in [-0.15, -0.1) is 11.3 Å². The lowest BCUT2D eigenvalue weighted by molar-refractivity contribution is 0.630. The Morgan fingerprint density at radius 1 is 1.31 bits per heavy atom. The van der Waals surface area contributed by atoms with E-state index in [0.29, 0.717) is 0 Å². The Bertz CT molecular complexity index is 502. The van der Waals surface area contributed by atoms with Crippen LogP contribution >= 0.6 is 11.3 Å². The fourth-order valence-electron chi connectivity index (χ4n) is 1.87. The van der Waals surface area contributed by atoms with Crippen molar-refractivity contribution in [2.75, 3.05) is 6.54 Å². The summed E-state index contributed by atoms with van der Waals surface area (Å²) >= 11 is 1.68. The third kappa shape index (κ3) is 2.25. The first-order valence-corrected chi connectivity index (χ1v) is 6.51. The fourth-order valence-corrected chi connectivity index (χ4v) is 2.93. The first-order valence-electron chi connectivity index (χ1n) is 5.70. The predicted octanol–water partition coefficient (Wildman–Crippen LogP) is 3.54. The van der Waals surface area contributed by atoms with E-state index in [1.165, 1.54) is 23.8 Å². The van der Waals surface area contributed by atoms with Gasteiger partial charge in [0.05, 0.1) is 0 Å². The van der Waals surface area contributed by atoms with E-state index in [2.05, 4.69) is 11.4 Å². The van der Waals surface area contributed by atoms with E-state index >= 15 is 0 Å². The van der Waals surface area contributed by atoms with Crippen molar-refractivity contribution in [2.24, 2.45) is 5.92 Å². The van der Waals surface area contributed by atoms with Gasteiger partial charge in [0.25, 0.3) is 0 Å². The number of hydrogen-bond donors (Lipinski definition) is 1. The molecule has 1 aliphatic carbocycles. The number of rotatable bonds is 4. The Morgan fingerprint density at radius 3 is 3.00 bits per heavy atom. The molecule has 1 fully saturated rings. The maximum Gasteiger partial charge on any atom is 0.124 e. The van der Waals surface area contributed by atoms with Crippen LogP contribution in [-0.4, -0.2) is 6.54 Å². The van der Waals surface area contributed by atoms with Gasteiger partial charge >= 0.3 is 0 Å². The van der Waals surface area contributed by atoms with Gasteiger partial charge < -0.3 is 5.32 Å². The average molecular weight is 235 g/mol. The van der Waals surface area contributed by atoms with Gasteiger partial charge in [-0.25, -0.2) is 4.39 Å². The van der Waals surface area contributed by atoms with Gasteiger partial charge in [-0.1, -0.05) is 6.07 Å². The van der Waals surface area contributed by atoms with Gasteiger partial charge in [-0.2, -0.15) is 0 Å². The Morgan fingerprint density at radius 2 is 2.19 bits per heavy atom. The molecule has 0 saturated heterocycles. The lowest BCUT2D eigenvalue weighted by atomic mass is 10.2. The van der Waals surface area contributed by atoms with Crippen LogP contribution in [0.2, 0.25) is 0 Å². The summed E-state index contributed by atoms with van der Waals surface area (Å²) in [4.78, 5) is 1.29. The second-order valence-electron chi connectivity index (χ2n) is 4.47. The summed E-state index contributed by atoms with van der Waals surface area (Å²) in [6.07, 6.45) is 2.76. The molecule has 0 radical (unpaired) electrons. The standard InChI is InChI=1S/C13H14FNS/c14-11-4-3-10-5-12(16-13(10)6-11)8-15-7-9-1-2-9/h3-6,9,15H,1-2,7-8H2. The van der Waals surface area contributed by atoms with E-state index in [-0.39, 0.29) is 5.82 Å². The Kier molecular flexibility index (Phi) is 2.65. The number of hydrogen-bond acceptors (Lipinski definition) is 2. The molecule has 0 amide bonds. The maximum atomic E-state index is 13.0. The molecule has 3 rings (SSSR count). The van der Waals surface area contributed by atoms with Gasteiger partial charge in [-0.3, -0.25) is 0 Å². The van der Waals surface area contributed by atoms with Crippen molar-refractivity contribution in [3.05, 3.63) is 35.0 Å². The van der Waals surface area contributed by atoms with Crippen molar-refractivity contribution in [1.82, 2.24) is 5.32 Å². The molecule has 1 N–H and O–H groups in total. The molecule has 0 aliphatic heterocycles. The minimum Gasteiger partial charge on any atom is -0.312 e. The molecule has 1 saturated carbocycles. The van der Waals surface area contributed by atoms with E-state index in [9.17, 15) is 4.39 Å². The number of thiophene rings is 1. The molecule has 1 aliphatic rings. The first kappa shape index (κ1) is 10.2. The van der Waals surface area contributed by atoms with Crippen LogP contribution in [-0.2, 0) is 6.54 Å². The van der Waals surface area contributed by atoms with Gasteiger partial charge in [0, 0.05) is 16.1 Å². The summed E-state index contributed by atoms with van der Waals surface area (Å²) in [5.41, 5.74) is 0. The monoisotopic (exact) mass is 235 g/mol. The highest BCUT2D eigenvalue weighted by Crippen LogP contribution is 2.29. The molecule has 84 valence electrons. The summed E-state index contributed by atoms with van der Waals surface area (Å²) in [6, 6.07) is 7.14. The van der Waals surface area contributed by atoms with E-state index in [4.69, 9.17) is 0 Å².